The summed E-state index contributed by atoms with van der Waals surface area (Å²) in [6.45, 7) is 2.25. The number of carbonyl (C=O) groups excluding carboxylic acids is 1. The van der Waals surface area contributed by atoms with Gasteiger partial charge in [-0.15, -0.1) is 0 Å². The van der Waals surface area contributed by atoms with Crippen LogP contribution in [-0.2, 0) is 17.5 Å². The summed E-state index contributed by atoms with van der Waals surface area (Å²) in [6.07, 6.45) is 2.97. The molecule has 3 fully saturated rings. The lowest BCUT2D eigenvalue weighted by Crippen LogP contribution is -2.40. The second kappa shape index (κ2) is 8.83. The molecule has 2 aliphatic heterocycles. The van der Waals surface area contributed by atoms with Crippen molar-refractivity contribution in [3.63, 3.8) is 0 Å². The fourth-order valence-electron chi connectivity index (χ4n) is 6.11. The number of benzene rings is 1. The van der Waals surface area contributed by atoms with E-state index in [2.05, 4.69) is 20.1 Å². The molecule has 2 aliphatic carbocycles. The van der Waals surface area contributed by atoms with Gasteiger partial charge in [-0.1, -0.05) is 12.1 Å². The number of anilines is 1. The van der Waals surface area contributed by atoms with Gasteiger partial charge in [-0.05, 0) is 68.3 Å². The van der Waals surface area contributed by atoms with Crippen molar-refractivity contribution in [2.45, 2.75) is 63.1 Å². The number of fused-ring (bicyclic) bond motifs is 1. The number of hydrogen-bond donors (Lipinski definition) is 2. The van der Waals surface area contributed by atoms with Crippen LogP contribution in [0.15, 0.2) is 35.5 Å². The molecule has 3 N–H and O–H groups in total. The maximum atomic E-state index is 15.5. The zero-order chi connectivity index (χ0) is 25.9. The van der Waals surface area contributed by atoms with Crippen molar-refractivity contribution in [2.75, 3.05) is 25.0 Å². The molecular weight excluding hydrogens is 488 g/mol. The molecule has 1 spiro atoms. The number of rotatable bonds is 7. The van der Waals surface area contributed by atoms with Crippen LogP contribution in [0, 0.1) is 11.2 Å². The number of alkyl halides is 3. The highest BCUT2D eigenvalue weighted by atomic mass is 19.4. The van der Waals surface area contributed by atoms with Crippen LogP contribution in [0.2, 0.25) is 0 Å². The fraction of sp³-hybridized carbons (Fsp3) is 0.538. The number of aliphatic imine (C=N–C) groups is 1. The first-order chi connectivity index (χ1) is 17.6. The quantitative estimate of drug-likeness (QED) is 0.537. The monoisotopic (exact) mass is 518 g/mol. The fourth-order valence-corrected chi connectivity index (χ4v) is 6.11. The summed E-state index contributed by atoms with van der Waals surface area (Å²) in [4.78, 5) is 20.0. The summed E-state index contributed by atoms with van der Waals surface area (Å²) in [5.74, 6) is 0.0588. The van der Waals surface area contributed by atoms with E-state index in [0.29, 0.717) is 17.9 Å². The minimum atomic E-state index is -4.38. The van der Waals surface area contributed by atoms with Crippen LogP contribution in [0.25, 0.3) is 0 Å². The third-order valence-electron chi connectivity index (χ3n) is 8.39. The molecule has 6 rings (SSSR count). The van der Waals surface area contributed by atoms with E-state index in [9.17, 15) is 18.0 Å². The molecule has 2 atom stereocenters. The lowest BCUT2D eigenvalue weighted by molar-refractivity contribution is -0.137. The van der Waals surface area contributed by atoms with E-state index < -0.39 is 17.9 Å². The largest absolute Gasteiger partial charge is 0.416 e. The van der Waals surface area contributed by atoms with Crippen LogP contribution in [-0.4, -0.2) is 52.3 Å². The molecule has 2 saturated carbocycles. The lowest BCUT2D eigenvalue weighted by atomic mass is 9.92. The highest BCUT2D eigenvalue weighted by Crippen LogP contribution is 2.64. The molecule has 1 amide bonds. The van der Waals surface area contributed by atoms with Gasteiger partial charge < -0.3 is 15.6 Å². The number of nitrogens with zero attached hydrogens (tertiary/aromatic N) is 4. The van der Waals surface area contributed by atoms with Crippen LogP contribution < -0.4 is 11.1 Å². The van der Waals surface area contributed by atoms with Crippen LogP contribution in [0.3, 0.4) is 0 Å². The molecule has 1 aromatic carbocycles. The van der Waals surface area contributed by atoms with Crippen molar-refractivity contribution in [2.24, 2.45) is 16.1 Å². The molecule has 2 aromatic rings. The number of primary amides is 1. The second-order valence-corrected chi connectivity index (χ2v) is 10.9. The Kier molecular flexibility index (Phi) is 5.83. The van der Waals surface area contributed by atoms with E-state index in [-0.39, 0.29) is 35.8 Å². The number of aromatic nitrogens is 1. The summed E-state index contributed by atoms with van der Waals surface area (Å²) in [7, 11) is 0. The van der Waals surface area contributed by atoms with Crippen LogP contribution in [0.1, 0.15) is 61.0 Å². The Bertz CT molecular complexity index is 1210. The molecule has 2 unspecified atom stereocenters. The van der Waals surface area contributed by atoms with Gasteiger partial charge in [0, 0.05) is 24.8 Å². The molecule has 37 heavy (non-hydrogen) atoms. The standard InChI is InChI=1S/C26H30F4N6O/c27-19-13-36(20-11-25(20)7-9-34(10-8-25)14-21(31)37)24-22(19)23(32-15-33-24)35(18-5-6-18)12-16-1-3-17(4-2-16)26(28,29)30/h1-4,13,15,18,20,23H,5-12,14H2,(H2,31,37)(H,32,33). The van der Waals surface area contributed by atoms with E-state index in [1.54, 1.807) is 12.5 Å². The SMILES string of the molecule is NC(=O)CN1CCC2(CC1)CC2n1cc(F)c2c1NC=NC2N(Cc1ccc(C(F)(F)F)cc1)C1CC1. The highest BCUT2D eigenvalue weighted by Gasteiger charge is 2.57. The smallest absolute Gasteiger partial charge is 0.369 e. The number of nitrogens with two attached hydrogens (primary N) is 1. The molecule has 0 bridgehead atoms. The van der Waals surface area contributed by atoms with Gasteiger partial charge >= 0.3 is 6.18 Å². The number of halogens is 4. The zero-order valence-electron chi connectivity index (χ0n) is 20.3. The van der Waals surface area contributed by atoms with Gasteiger partial charge in [0.2, 0.25) is 5.91 Å². The van der Waals surface area contributed by atoms with Crippen LogP contribution in [0.4, 0.5) is 23.4 Å². The topological polar surface area (TPSA) is 78.9 Å². The van der Waals surface area contributed by atoms with E-state index in [0.717, 1.165) is 62.9 Å². The number of piperidine rings is 1. The van der Waals surface area contributed by atoms with Crippen molar-refractivity contribution in [3.05, 3.63) is 53.0 Å². The maximum Gasteiger partial charge on any atom is 0.416 e. The minimum absolute atomic E-state index is 0.0928. The van der Waals surface area contributed by atoms with E-state index in [1.807, 2.05) is 4.57 Å². The Morgan fingerprint density at radius 1 is 1.19 bits per heavy atom. The number of carbonyl (C=O) groups is 1. The number of hydrogen-bond acceptors (Lipinski definition) is 5. The predicted octanol–water partition coefficient (Wildman–Crippen LogP) is 4.28. The van der Waals surface area contributed by atoms with Crippen molar-refractivity contribution < 1.29 is 22.4 Å². The normalized spacial score (nSPS) is 24.8. The third-order valence-corrected chi connectivity index (χ3v) is 8.39. The van der Waals surface area contributed by atoms with E-state index in [1.165, 1.54) is 12.1 Å². The Morgan fingerprint density at radius 2 is 1.89 bits per heavy atom. The van der Waals surface area contributed by atoms with Crippen molar-refractivity contribution in [1.29, 1.82) is 0 Å². The number of nitrogens with one attached hydrogen (secondary N) is 1. The van der Waals surface area contributed by atoms with E-state index >= 15 is 4.39 Å². The molecule has 0 radical (unpaired) electrons. The summed E-state index contributed by atoms with van der Waals surface area (Å²) < 4.78 is 56.5. The predicted molar refractivity (Wildman–Crippen MR) is 130 cm³/mol. The van der Waals surface area contributed by atoms with Gasteiger partial charge in [-0.3, -0.25) is 19.6 Å². The Balaban J connectivity index is 1.21. The summed E-state index contributed by atoms with van der Waals surface area (Å²) in [6, 6.07) is 5.55. The summed E-state index contributed by atoms with van der Waals surface area (Å²) >= 11 is 0. The number of likely N-dealkylation sites (tertiary alicyclic amines) is 1. The molecule has 1 aromatic heterocycles. The maximum absolute atomic E-state index is 15.5. The average molecular weight is 519 g/mol. The lowest BCUT2D eigenvalue weighted by Gasteiger charge is -2.33. The zero-order valence-corrected chi connectivity index (χ0v) is 20.3. The number of amides is 1. The Labute approximate surface area is 212 Å². The van der Waals surface area contributed by atoms with Gasteiger partial charge in [0.05, 0.1) is 24.0 Å². The average Bonchev–Trinajstić information content (AvgIpc) is 3.78. The van der Waals surface area contributed by atoms with Gasteiger partial charge in [0.25, 0.3) is 0 Å². The molecular formula is C26H30F4N6O. The molecule has 3 heterocycles. The second-order valence-electron chi connectivity index (χ2n) is 10.9. The first-order valence-corrected chi connectivity index (χ1v) is 12.8. The first kappa shape index (κ1) is 24.4. The van der Waals surface area contributed by atoms with Crippen molar-refractivity contribution in [3.8, 4) is 0 Å². The highest BCUT2D eigenvalue weighted by molar-refractivity contribution is 5.79. The molecule has 7 nitrogen and oxygen atoms in total. The minimum Gasteiger partial charge on any atom is -0.369 e. The summed E-state index contributed by atoms with van der Waals surface area (Å²) in [5, 5.41) is 3.17. The van der Waals surface area contributed by atoms with Gasteiger partial charge in [0.15, 0.2) is 0 Å². The molecule has 4 aliphatic rings. The van der Waals surface area contributed by atoms with Crippen LogP contribution in [0.5, 0.6) is 0 Å². The molecule has 11 heteroatoms. The Morgan fingerprint density at radius 3 is 2.51 bits per heavy atom. The van der Waals surface area contributed by atoms with Gasteiger partial charge in [-0.25, -0.2) is 4.39 Å². The van der Waals surface area contributed by atoms with Crippen molar-refractivity contribution >= 4 is 18.1 Å². The van der Waals surface area contributed by atoms with Gasteiger partial charge in [-0.2, -0.15) is 13.2 Å². The van der Waals surface area contributed by atoms with Crippen LogP contribution >= 0.6 is 0 Å². The van der Waals surface area contributed by atoms with Crippen molar-refractivity contribution in [1.82, 2.24) is 14.4 Å². The first-order valence-electron chi connectivity index (χ1n) is 12.8. The molecule has 1 saturated heterocycles. The summed E-state index contributed by atoms with van der Waals surface area (Å²) in [5.41, 5.74) is 5.98. The van der Waals surface area contributed by atoms with E-state index in [4.69, 9.17) is 5.73 Å². The Hall–Kier alpha value is -2.92. The van der Waals surface area contributed by atoms with Gasteiger partial charge in [0.1, 0.15) is 17.8 Å². The molecule has 198 valence electrons. The third kappa shape index (κ3) is 4.63.